The molecule has 19 heavy (non-hydrogen) atoms. The van der Waals surface area contributed by atoms with Gasteiger partial charge >= 0.3 is 0 Å². The first kappa shape index (κ1) is 12.4. The first-order valence-electron chi connectivity index (χ1n) is 6.21. The van der Waals surface area contributed by atoms with Crippen molar-refractivity contribution >= 4 is 17.4 Å². The van der Waals surface area contributed by atoms with Gasteiger partial charge in [-0.25, -0.2) is 4.39 Å². The zero-order valence-electron chi connectivity index (χ0n) is 10.2. The van der Waals surface area contributed by atoms with Crippen molar-refractivity contribution in [2.45, 2.75) is 12.8 Å². The second-order valence-corrected chi connectivity index (χ2v) is 5.30. The van der Waals surface area contributed by atoms with E-state index < -0.39 is 5.82 Å². The van der Waals surface area contributed by atoms with Crippen molar-refractivity contribution < 1.29 is 9.18 Å². The van der Waals surface area contributed by atoms with E-state index in [9.17, 15) is 9.18 Å². The van der Waals surface area contributed by atoms with Gasteiger partial charge in [0.1, 0.15) is 5.82 Å². The van der Waals surface area contributed by atoms with Crippen molar-refractivity contribution in [3.63, 3.8) is 0 Å². The third-order valence-corrected chi connectivity index (χ3v) is 3.85. The number of ketones is 1. The summed E-state index contributed by atoms with van der Waals surface area (Å²) in [6.45, 7) is 0. The van der Waals surface area contributed by atoms with E-state index in [1.54, 1.807) is 6.07 Å². The molecule has 0 atom stereocenters. The summed E-state index contributed by atoms with van der Waals surface area (Å²) in [6, 6.07) is 12.2. The number of hydrogen-bond acceptors (Lipinski definition) is 1. The molecule has 0 bridgehead atoms. The predicted octanol–water partition coefficient (Wildman–Crippen LogP) is 4.08. The minimum absolute atomic E-state index is 0.134. The van der Waals surface area contributed by atoms with E-state index >= 15 is 0 Å². The Balaban J connectivity index is 1.87. The number of benzene rings is 2. The number of Topliss-reactive ketones (excluding diaryl/α,β-unsaturated/α-hetero) is 1. The molecule has 0 amide bonds. The normalized spacial score (nSPS) is 14.4. The smallest absolute Gasteiger partial charge is 0.169 e. The first-order chi connectivity index (χ1) is 9.15. The highest BCUT2D eigenvalue weighted by Gasteiger charge is 2.29. The van der Waals surface area contributed by atoms with Gasteiger partial charge in [0, 0.05) is 10.9 Å². The minimum atomic E-state index is -0.534. The molecule has 2 aromatic carbocycles. The second-order valence-electron chi connectivity index (χ2n) is 4.86. The standard InChI is InChI=1S/C16H12ClFO/c17-13-5-6-14(15(18)9-13)16(19)12-7-10-3-1-2-4-11(10)8-12/h1-6,9,12H,7-8H2. The van der Waals surface area contributed by atoms with Crippen LogP contribution < -0.4 is 0 Å². The van der Waals surface area contributed by atoms with Gasteiger partial charge in [0.2, 0.25) is 0 Å². The highest BCUT2D eigenvalue weighted by atomic mass is 35.5. The molecule has 3 heteroatoms. The van der Waals surface area contributed by atoms with Gasteiger partial charge in [-0.1, -0.05) is 35.9 Å². The summed E-state index contributed by atoms with van der Waals surface area (Å²) in [7, 11) is 0. The Labute approximate surface area is 116 Å². The highest BCUT2D eigenvalue weighted by Crippen LogP contribution is 2.30. The van der Waals surface area contributed by atoms with Gasteiger partial charge in [0.05, 0.1) is 5.56 Å². The van der Waals surface area contributed by atoms with Crippen molar-refractivity contribution in [2.24, 2.45) is 5.92 Å². The molecule has 0 N–H and O–H groups in total. The van der Waals surface area contributed by atoms with Crippen LogP contribution in [0.3, 0.4) is 0 Å². The maximum absolute atomic E-state index is 13.8. The molecule has 0 saturated carbocycles. The number of hydrogen-bond donors (Lipinski definition) is 0. The van der Waals surface area contributed by atoms with Crippen LogP contribution in [0.15, 0.2) is 42.5 Å². The Morgan fingerprint density at radius 1 is 1.11 bits per heavy atom. The lowest BCUT2D eigenvalue weighted by molar-refractivity contribution is 0.0920. The highest BCUT2D eigenvalue weighted by molar-refractivity contribution is 6.30. The Kier molecular flexibility index (Phi) is 3.11. The maximum atomic E-state index is 13.8. The van der Waals surface area contributed by atoms with Crippen molar-refractivity contribution in [3.05, 3.63) is 70.0 Å². The number of halogens is 2. The van der Waals surface area contributed by atoms with Crippen LogP contribution in [0.1, 0.15) is 21.5 Å². The quantitative estimate of drug-likeness (QED) is 0.754. The van der Waals surface area contributed by atoms with Gasteiger partial charge in [-0.3, -0.25) is 4.79 Å². The summed E-state index contributed by atoms with van der Waals surface area (Å²) in [5.41, 5.74) is 2.52. The lowest BCUT2D eigenvalue weighted by Crippen LogP contribution is -2.16. The summed E-state index contributed by atoms with van der Waals surface area (Å²) in [5.74, 6) is -0.827. The topological polar surface area (TPSA) is 17.1 Å². The van der Waals surface area contributed by atoms with Gasteiger partial charge in [-0.05, 0) is 42.2 Å². The molecule has 0 saturated heterocycles. The van der Waals surface area contributed by atoms with Crippen molar-refractivity contribution in [1.82, 2.24) is 0 Å². The average Bonchev–Trinajstić information content (AvgIpc) is 2.81. The summed E-state index contributed by atoms with van der Waals surface area (Å²) in [6.07, 6.45) is 1.38. The fourth-order valence-electron chi connectivity index (χ4n) is 2.65. The molecule has 1 aliphatic rings. The monoisotopic (exact) mass is 274 g/mol. The molecule has 1 aliphatic carbocycles. The third kappa shape index (κ3) is 2.28. The molecule has 1 nitrogen and oxygen atoms in total. The van der Waals surface area contributed by atoms with Gasteiger partial charge in [-0.2, -0.15) is 0 Å². The van der Waals surface area contributed by atoms with Crippen molar-refractivity contribution in [3.8, 4) is 0 Å². The second kappa shape index (κ2) is 4.78. The van der Waals surface area contributed by atoms with Crippen molar-refractivity contribution in [1.29, 1.82) is 0 Å². The Bertz CT molecular complexity index is 626. The molecule has 0 heterocycles. The molecule has 0 fully saturated rings. The van der Waals surface area contributed by atoms with E-state index in [-0.39, 0.29) is 17.3 Å². The number of fused-ring (bicyclic) bond motifs is 1. The van der Waals surface area contributed by atoms with Gasteiger partial charge in [0.15, 0.2) is 5.78 Å². The van der Waals surface area contributed by atoms with E-state index in [2.05, 4.69) is 0 Å². The van der Waals surface area contributed by atoms with Crippen LogP contribution in [0.5, 0.6) is 0 Å². The van der Waals surface area contributed by atoms with Crippen LogP contribution in [0.25, 0.3) is 0 Å². The van der Waals surface area contributed by atoms with Crippen LogP contribution in [-0.4, -0.2) is 5.78 Å². The lowest BCUT2D eigenvalue weighted by atomic mass is 9.95. The molecule has 0 radical (unpaired) electrons. The van der Waals surface area contributed by atoms with Gasteiger partial charge in [0.25, 0.3) is 0 Å². The summed E-state index contributed by atoms with van der Waals surface area (Å²) in [4.78, 5) is 12.4. The zero-order valence-corrected chi connectivity index (χ0v) is 11.0. The van der Waals surface area contributed by atoms with Crippen LogP contribution >= 0.6 is 11.6 Å². The average molecular weight is 275 g/mol. The number of carbonyl (C=O) groups is 1. The third-order valence-electron chi connectivity index (χ3n) is 3.62. The number of carbonyl (C=O) groups excluding carboxylic acids is 1. The van der Waals surface area contributed by atoms with Crippen LogP contribution in [0.4, 0.5) is 4.39 Å². The van der Waals surface area contributed by atoms with E-state index in [1.165, 1.54) is 23.3 Å². The fraction of sp³-hybridized carbons (Fsp3) is 0.188. The summed E-state index contributed by atoms with van der Waals surface area (Å²) < 4.78 is 13.8. The SMILES string of the molecule is O=C(c1ccc(Cl)cc1F)C1Cc2ccccc2C1. The predicted molar refractivity (Wildman–Crippen MR) is 73.1 cm³/mol. The molecular formula is C16H12ClFO. The molecule has 96 valence electrons. The molecule has 0 aromatic heterocycles. The Morgan fingerprint density at radius 2 is 1.74 bits per heavy atom. The van der Waals surface area contributed by atoms with E-state index in [0.717, 1.165) is 0 Å². The van der Waals surface area contributed by atoms with Crippen LogP contribution in [0, 0.1) is 11.7 Å². The Hall–Kier alpha value is -1.67. The molecular weight excluding hydrogens is 263 g/mol. The number of rotatable bonds is 2. The van der Waals surface area contributed by atoms with E-state index in [1.807, 2.05) is 24.3 Å². The molecule has 2 aromatic rings. The minimum Gasteiger partial charge on any atom is -0.294 e. The Morgan fingerprint density at radius 3 is 2.32 bits per heavy atom. The van der Waals surface area contributed by atoms with Crippen LogP contribution in [0.2, 0.25) is 5.02 Å². The van der Waals surface area contributed by atoms with Crippen LogP contribution in [-0.2, 0) is 12.8 Å². The molecule has 0 aliphatic heterocycles. The fourth-order valence-corrected chi connectivity index (χ4v) is 2.81. The maximum Gasteiger partial charge on any atom is 0.169 e. The van der Waals surface area contributed by atoms with Gasteiger partial charge < -0.3 is 0 Å². The van der Waals surface area contributed by atoms with Crippen molar-refractivity contribution in [2.75, 3.05) is 0 Å². The van der Waals surface area contributed by atoms with Gasteiger partial charge in [-0.15, -0.1) is 0 Å². The zero-order chi connectivity index (χ0) is 13.4. The first-order valence-corrected chi connectivity index (χ1v) is 6.59. The molecule has 3 rings (SSSR count). The van der Waals surface area contributed by atoms with E-state index in [0.29, 0.717) is 17.9 Å². The summed E-state index contributed by atoms with van der Waals surface area (Å²) in [5, 5.41) is 0.309. The molecule has 0 unspecified atom stereocenters. The summed E-state index contributed by atoms with van der Waals surface area (Å²) >= 11 is 5.70. The lowest BCUT2D eigenvalue weighted by Gasteiger charge is -2.09. The molecule has 0 spiro atoms. The largest absolute Gasteiger partial charge is 0.294 e. The van der Waals surface area contributed by atoms with E-state index in [4.69, 9.17) is 11.6 Å².